The summed E-state index contributed by atoms with van der Waals surface area (Å²) >= 11 is 0. The minimum absolute atomic E-state index is 0.189. The van der Waals surface area contributed by atoms with Crippen LogP contribution >= 0.6 is 0 Å². The van der Waals surface area contributed by atoms with Gasteiger partial charge in [0.15, 0.2) is 8.32 Å². The van der Waals surface area contributed by atoms with E-state index < -0.39 is 8.32 Å². The average Bonchev–Trinajstić information content (AvgIpc) is 2.64. The van der Waals surface area contributed by atoms with E-state index in [4.69, 9.17) is 8.84 Å². The molecule has 0 saturated heterocycles. The normalized spacial score (nSPS) is 21.4. The Kier molecular flexibility index (Phi) is 3.25. The molecular formula is C14H24O2Si. The Balaban J connectivity index is 2.17. The van der Waals surface area contributed by atoms with Crippen LogP contribution in [0, 0.1) is 0 Å². The first-order chi connectivity index (χ1) is 7.81. The molecule has 1 atom stereocenters. The molecule has 2 nitrogen and oxygen atoms in total. The van der Waals surface area contributed by atoms with Crippen molar-refractivity contribution in [2.75, 3.05) is 0 Å². The molecule has 1 heterocycles. The van der Waals surface area contributed by atoms with Gasteiger partial charge in [0, 0.05) is 0 Å². The van der Waals surface area contributed by atoms with Crippen molar-refractivity contribution >= 4 is 8.32 Å². The van der Waals surface area contributed by atoms with Gasteiger partial charge in [-0.25, -0.2) is 0 Å². The van der Waals surface area contributed by atoms with Gasteiger partial charge < -0.3 is 8.84 Å². The highest BCUT2D eigenvalue weighted by atomic mass is 28.4. The standard InChI is InChI=1S/C14H24O2Si/c1-14(2,3)17(4,5)16-12-8-6-7-11-9-10-15-13(11)12/h9-10,12H,6-8H2,1-5H3. The molecule has 0 spiro atoms. The van der Waals surface area contributed by atoms with Crippen molar-refractivity contribution in [3.8, 4) is 0 Å². The van der Waals surface area contributed by atoms with Crippen LogP contribution in [0.25, 0.3) is 0 Å². The highest BCUT2D eigenvalue weighted by molar-refractivity contribution is 6.74. The van der Waals surface area contributed by atoms with Gasteiger partial charge in [0.25, 0.3) is 0 Å². The molecule has 3 heteroatoms. The summed E-state index contributed by atoms with van der Waals surface area (Å²) in [5.41, 5.74) is 1.35. The number of aryl methyl sites for hydroxylation is 1. The van der Waals surface area contributed by atoms with Gasteiger partial charge >= 0.3 is 0 Å². The van der Waals surface area contributed by atoms with Crippen molar-refractivity contribution in [1.29, 1.82) is 0 Å². The van der Waals surface area contributed by atoms with Gasteiger partial charge in [0.05, 0.1) is 6.26 Å². The van der Waals surface area contributed by atoms with Gasteiger partial charge in [-0.05, 0) is 49.0 Å². The molecule has 1 aliphatic rings. The predicted molar refractivity (Wildman–Crippen MR) is 72.7 cm³/mol. The zero-order valence-electron chi connectivity index (χ0n) is 11.7. The molecule has 2 rings (SSSR count). The van der Waals surface area contributed by atoms with E-state index in [2.05, 4.69) is 39.9 Å². The van der Waals surface area contributed by atoms with Gasteiger partial charge in [0.1, 0.15) is 11.9 Å². The number of hydrogen-bond donors (Lipinski definition) is 0. The van der Waals surface area contributed by atoms with Crippen LogP contribution in [0.3, 0.4) is 0 Å². The van der Waals surface area contributed by atoms with E-state index in [0.29, 0.717) is 0 Å². The molecule has 0 amide bonds. The van der Waals surface area contributed by atoms with Crippen LogP contribution in [0.4, 0.5) is 0 Å². The fraction of sp³-hybridized carbons (Fsp3) is 0.714. The molecule has 0 aliphatic heterocycles. The average molecular weight is 252 g/mol. The maximum absolute atomic E-state index is 6.47. The number of rotatable bonds is 2. The van der Waals surface area contributed by atoms with E-state index in [1.807, 2.05) is 0 Å². The lowest BCUT2D eigenvalue weighted by molar-refractivity contribution is 0.137. The summed E-state index contributed by atoms with van der Waals surface area (Å²) < 4.78 is 12.1. The molecule has 0 aromatic carbocycles. The van der Waals surface area contributed by atoms with Gasteiger partial charge in [-0.15, -0.1) is 0 Å². The van der Waals surface area contributed by atoms with E-state index in [1.165, 1.54) is 12.0 Å². The quantitative estimate of drug-likeness (QED) is 0.713. The minimum atomic E-state index is -1.69. The predicted octanol–water partition coefficient (Wildman–Crippen LogP) is 4.68. The van der Waals surface area contributed by atoms with Gasteiger partial charge in [-0.1, -0.05) is 20.8 Å². The monoisotopic (exact) mass is 252 g/mol. The molecule has 96 valence electrons. The Morgan fingerprint density at radius 1 is 1.35 bits per heavy atom. The Bertz CT molecular complexity index is 387. The third-order valence-corrected chi connectivity index (χ3v) is 8.71. The van der Waals surface area contributed by atoms with Crippen molar-refractivity contribution < 1.29 is 8.84 Å². The second kappa shape index (κ2) is 4.29. The SMILES string of the molecule is CC(C)(C)[Si](C)(C)OC1CCCc2ccoc21. The molecule has 0 fully saturated rings. The second-order valence-corrected chi connectivity index (χ2v) is 11.3. The lowest BCUT2D eigenvalue weighted by atomic mass is 9.96. The number of hydrogen-bond acceptors (Lipinski definition) is 2. The van der Waals surface area contributed by atoms with Crippen molar-refractivity contribution in [3.05, 3.63) is 23.7 Å². The first-order valence-electron chi connectivity index (χ1n) is 6.55. The lowest BCUT2D eigenvalue weighted by Gasteiger charge is -2.39. The third-order valence-electron chi connectivity index (χ3n) is 4.23. The van der Waals surface area contributed by atoms with Crippen LogP contribution in [0.15, 0.2) is 16.7 Å². The molecule has 17 heavy (non-hydrogen) atoms. The van der Waals surface area contributed by atoms with E-state index in [9.17, 15) is 0 Å². The maximum Gasteiger partial charge on any atom is 0.193 e. The van der Waals surface area contributed by atoms with E-state index in [0.717, 1.165) is 18.6 Å². The lowest BCUT2D eigenvalue weighted by Crippen LogP contribution is -2.42. The van der Waals surface area contributed by atoms with Gasteiger partial charge in [0.2, 0.25) is 0 Å². The summed E-state index contributed by atoms with van der Waals surface area (Å²) in [6.07, 6.45) is 5.45. The molecule has 1 aromatic rings. The summed E-state index contributed by atoms with van der Waals surface area (Å²) in [5, 5.41) is 0.261. The summed E-state index contributed by atoms with van der Waals surface area (Å²) in [6, 6.07) is 2.09. The zero-order valence-corrected chi connectivity index (χ0v) is 12.7. The smallest absolute Gasteiger partial charge is 0.193 e. The molecule has 0 saturated carbocycles. The summed E-state index contributed by atoms with van der Waals surface area (Å²) in [7, 11) is -1.69. The van der Waals surface area contributed by atoms with Crippen LogP contribution in [-0.2, 0) is 10.8 Å². The van der Waals surface area contributed by atoms with Crippen molar-refractivity contribution in [3.63, 3.8) is 0 Å². The first kappa shape index (κ1) is 12.9. The molecular weight excluding hydrogens is 228 g/mol. The highest BCUT2D eigenvalue weighted by Gasteiger charge is 2.40. The second-order valence-electron chi connectivity index (χ2n) is 6.57. The topological polar surface area (TPSA) is 22.4 Å². The summed E-state index contributed by atoms with van der Waals surface area (Å²) in [4.78, 5) is 0. The van der Waals surface area contributed by atoms with E-state index in [1.54, 1.807) is 6.26 Å². The summed E-state index contributed by atoms with van der Waals surface area (Å²) in [6.45, 7) is 11.5. The fourth-order valence-electron chi connectivity index (χ4n) is 2.09. The Hall–Kier alpha value is -0.543. The molecule has 1 unspecified atom stereocenters. The molecule has 0 radical (unpaired) electrons. The summed E-state index contributed by atoms with van der Waals surface area (Å²) in [5.74, 6) is 1.08. The number of furan rings is 1. The highest BCUT2D eigenvalue weighted by Crippen LogP contribution is 2.42. The van der Waals surface area contributed by atoms with Gasteiger partial charge in [-0.3, -0.25) is 0 Å². The van der Waals surface area contributed by atoms with Crippen LogP contribution in [0.2, 0.25) is 18.1 Å². The van der Waals surface area contributed by atoms with E-state index >= 15 is 0 Å². The zero-order chi connectivity index (χ0) is 12.7. The van der Waals surface area contributed by atoms with Gasteiger partial charge in [-0.2, -0.15) is 0 Å². The Labute approximate surface area is 105 Å². The van der Waals surface area contributed by atoms with Crippen LogP contribution in [-0.4, -0.2) is 8.32 Å². The Morgan fingerprint density at radius 2 is 2.06 bits per heavy atom. The largest absolute Gasteiger partial charge is 0.466 e. The molecule has 0 N–H and O–H groups in total. The minimum Gasteiger partial charge on any atom is -0.466 e. The van der Waals surface area contributed by atoms with Crippen LogP contribution < -0.4 is 0 Å². The van der Waals surface area contributed by atoms with Crippen molar-refractivity contribution in [2.24, 2.45) is 0 Å². The Morgan fingerprint density at radius 3 is 2.71 bits per heavy atom. The molecule has 1 aliphatic carbocycles. The number of fused-ring (bicyclic) bond motifs is 1. The van der Waals surface area contributed by atoms with Crippen molar-refractivity contribution in [2.45, 2.75) is 64.3 Å². The van der Waals surface area contributed by atoms with Crippen molar-refractivity contribution in [1.82, 2.24) is 0 Å². The molecule has 1 aromatic heterocycles. The van der Waals surface area contributed by atoms with Crippen LogP contribution in [0.5, 0.6) is 0 Å². The fourth-order valence-corrected chi connectivity index (χ4v) is 3.38. The third kappa shape index (κ3) is 2.50. The van der Waals surface area contributed by atoms with Crippen LogP contribution in [0.1, 0.15) is 51.0 Å². The maximum atomic E-state index is 6.47. The molecule has 0 bridgehead atoms. The van der Waals surface area contributed by atoms with E-state index in [-0.39, 0.29) is 11.1 Å². The first-order valence-corrected chi connectivity index (χ1v) is 9.46.